The lowest BCUT2D eigenvalue weighted by atomic mass is 10.2. The second-order valence-electron chi connectivity index (χ2n) is 4.21. The number of hydrogen-bond donors (Lipinski definition) is 1. The summed E-state index contributed by atoms with van der Waals surface area (Å²) in [5.41, 5.74) is 2.04. The first-order valence-electron chi connectivity index (χ1n) is 6.21. The zero-order valence-corrected chi connectivity index (χ0v) is 12.4. The number of para-hydroxylation sites is 1. The summed E-state index contributed by atoms with van der Waals surface area (Å²) in [5, 5.41) is 4.31. The summed E-state index contributed by atoms with van der Waals surface area (Å²) < 4.78 is 5.43. The van der Waals surface area contributed by atoms with Gasteiger partial charge in [0.15, 0.2) is 5.75 Å². The van der Waals surface area contributed by atoms with Crippen LogP contribution in [-0.4, -0.2) is 6.61 Å². The quantitative estimate of drug-likeness (QED) is 0.743. The highest BCUT2D eigenvalue weighted by atomic mass is 35.5. The van der Waals surface area contributed by atoms with E-state index in [-0.39, 0.29) is 0 Å². The van der Waals surface area contributed by atoms with Gasteiger partial charge in [-0.05, 0) is 29.8 Å². The minimum atomic E-state index is 0.376. The molecule has 0 bridgehead atoms. The minimum Gasteiger partial charge on any atom is -0.486 e. The molecular weight excluding hydrogens is 293 g/mol. The molecule has 2 aromatic rings. The van der Waals surface area contributed by atoms with E-state index >= 15 is 0 Å². The van der Waals surface area contributed by atoms with Gasteiger partial charge in [-0.25, -0.2) is 0 Å². The van der Waals surface area contributed by atoms with Crippen LogP contribution in [0.4, 0.5) is 5.69 Å². The van der Waals surface area contributed by atoms with Crippen LogP contribution >= 0.6 is 23.2 Å². The van der Waals surface area contributed by atoms with E-state index in [9.17, 15) is 0 Å². The van der Waals surface area contributed by atoms with Gasteiger partial charge in [-0.3, -0.25) is 0 Å². The number of rotatable bonds is 6. The molecule has 0 radical (unpaired) electrons. The van der Waals surface area contributed by atoms with Crippen LogP contribution in [0.3, 0.4) is 0 Å². The molecule has 0 spiro atoms. The molecule has 2 rings (SSSR count). The van der Waals surface area contributed by atoms with Gasteiger partial charge < -0.3 is 10.1 Å². The van der Waals surface area contributed by atoms with E-state index in [0.29, 0.717) is 28.9 Å². The van der Waals surface area contributed by atoms with Gasteiger partial charge in [0.05, 0.1) is 10.0 Å². The molecular formula is C16H15Cl2NO. The molecule has 1 N–H and O–H groups in total. The molecule has 0 fully saturated rings. The summed E-state index contributed by atoms with van der Waals surface area (Å²) in [6.07, 6.45) is 1.65. The van der Waals surface area contributed by atoms with E-state index in [1.165, 1.54) is 0 Å². The van der Waals surface area contributed by atoms with Crippen molar-refractivity contribution in [3.8, 4) is 5.75 Å². The monoisotopic (exact) mass is 307 g/mol. The van der Waals surface area contributed by atoms with Crippen molar-refractivity contribution >= 4 is 28.9 Å². The van der Waals surface area contributed by atoms with Crippen LogP contribution in [0.15, 0.2) is 55.1 Å². The highest BCUT2D eigenvalue weighted by Gasteiger charge is 2.09. The number of halogens is 2. The molecule has 4 heteroatoms. The van der Waals surface area contributed by atoms with Gasteiger partial charge in [0.1, 0.15) is 6.61 Å². The molecule has 2 nitrogen and oxygen atoms in total. The minimum absolute atomic E-state index is 0.376. The Labute approximate surface area is 129 Å². The number of nitrogens with one attached hydrogen (secondary N) is 1. The molecule has 0 aliphatic carbocycles. The average molecular weight is 308 g/mol. The first-order valence-corrected chi connectivity index (χ1v) is 6.97. The van der Waals surface area contributed by atoms with E-state index in [4.69, 9.17) is 27.9 Å². The van der Waals surface area contributed by atoms with Crippen LogP contribution in [0.1, 0.15) is 5.56 Å². The van der Waals surface area contributed by atoms with E-state index in [1.54, 1.807) is 6.08 Å². The van der Waals surface area contributed by atoms with E-state index in [0.717, 1.165) is 11.3 Å². The first kappa shape index (κ1) is 14.8. The molecule has 0 aromatic heterocycles. The SMILES string of the molecule is C=CCOc1c(Cl)cc(CNc2ccccc2)cc1Cl. The topological polar surface area (TPSA) is 21.3 Å². The van der Waals surface area contributed by atoms with Crippen LogP contribution in [0, 0.1) is 0 Å². The van der Waals surface area contributed by atoms with Crippen LogP contribution in [0.25, 0.3) is 0 Å². The van der Waals surface area contributed by atoms with E-state index < -0.39 is 0 Å². The molecule has 0 atom stereocenters. The van der Waals surface area contributed by atoms with Crippen LogP contribution in [0.2, 0.25) is 10.0 Å². The van der Waals surface area contributed by atoms with E-state index in [1.807, 2.05) is 42.5 Å². The van der Waals surface area contributed by atoms with Crippen molar-refractivity contribution in [2.75, 3.05) is 11.9 Å². The molecule has 0 aliphatic heterocycles. The summed E-state index contributed by atoms with van der Waals surface area (Å²) >= 11 is 12.4. The van der Waals surface area contributed by atoms with Crippen molar-refractivity contribution in [2.45, 2.75) is 6.54 Å². The fraction of sp³-hybridized carbons (Fsp3) is 0.125. The van der Waals surface area contributed by atoms with Gasteiger partial charge in [-0.1, -0.05) is 54.1 Å². The van der Waals surface area contributed by atoms with Crippen LogP contribution in [-0.2, 0) is 6.54 Å². The molecule has 20 heavy (non-hydrogen) atoms. The second-order valence-corrected chi connectivity index (χ2v) is 5.02. The zero-order chi connectivity index (χ0) is 14.4. The van der Waals surface area contributed by atoms with Crippen molar-refractivity contribution in [1.82, 2.24) is 0 Å². The van der Waals surface area contributed by atoms with Gasteiger partial charge in [0.25, 0.3) is 0 Å². The lowest BCUT2D eigenvalue weighted by Crippen LogP contribution is -2.01. The van der Waals surface area contributed by atoms with Crippen molar-refractivity contribution in [2.24, 2.45) is 0 Å². The van der Waals surface area contributed by atoms with Crippen molar-refractivity contribution in [3.05, 3.63) is 70.7 Å². The molecule has 0 saturated heterocycles. The maximum Gasteiger partial charge on any atom is 0.156 e. The summed E-state index contributed by atoms with van der Waals surface area (Å²) in [5.74, 6) is 0.497. The molecule has 2 aromatic carbocycles. The van der Waals surface area contributed by atoms with Gasteiger partial charge >= 0.3 is 0 Å². The number of hydrogen-bond acceptors (Lipinski definition) is 2. The third kappa shape index (κ3) is 3.92. The fourth-order valence-corrected chi connectivity index (χ4v) is 2.40. The van der Waals surface area contributed by atoms with E-state index in [2.05, 4.69) is 11.9 Å². The predicted octanol–water partition coefficient (Wildman–Crippen LogP) is 5.17. The Kier molecular flexibility index (Phi) is 5.33. The standard InChI is InChI=1S/C16H15Cl2NO/c1-2-8-20-16-14(17)9-12(10-15(16)18)11-19-13-6-4-3-5-7-13/h2-7,9-10,19H,1,8,11H2. The Morgan fingerprint density at radius 2 is 1.75 bits per heavy atom. The lowest BCUT2D eigenvalue weighted by molar-refractivity contribution is 0.363. The van der Waals surface area contributed by atoms with Gasteiger partial charge in [-0.2, -0.15) is 0 Å². The van der Waals surface area contributed by atoms with Gasteiger partial charge in [0, 0.05) is 12.2 Å². The Hall–Kier alpha value is -1.64. The highest BCUT2D eigenvalue weighted by Crippen LogP contribution is 2.34. The Balaban J connectivity index is 2.08. The van der Waals surface area contributed by atoms with Gasteiger partial charge in [-0.15, -0.1) is 0 Å². The molecule has 0 unspecified atom stereocenters. The summed E-state index contributed by atoms with van der Waals surface area (Å²) in [7, 11) is 0. The maximum absolute atomic E-state index is 6.18. The lowest BCUT2D eigenvalue weighted by Gasteiger charge is -2.11. The Morgan fingerprint density at radius 1 is 1.10 bits per heavy atom. The first-order chi connectivity index (χ1) is 9.70. The zero-order valence-electron chi connectivity index (χ0n) is 10.9. The number of benzene rings is 2. The summed E-state index contributed by atoms with van der Waals surface area (Å²) in [6.45, 7) is 4.61. The number of ether oxygens (including phenoxy) is 1. The normalized spacial score (nSPS) is 10.1. The molecule has 0 amide bonds. The van der Waals surface area contributed by atoms with Crippen molar-refractivity contribution in [3.63, 3.8) is 0 Å². The highest BCUT2D eigenvalue weighted by molar-refractivity contribution is 6.37. The molecule has 0 aliphatic rings. The second kappa shape index (κ2) is 7.22. The van der Waals surface area contributed by atoms with Gasteiger partial charge in [0.2, 0.25) is 0 Å². The predicted molar refractivity (Wildman–Crippen MR) is 85.9 cm³/mol. The van der Waals surface area contributed by atoms with Crippen molar-refractivity contribution in [1.29, 1.82) is 0 Å². The number of anilines is 1. The molecule has 0 saturated carbocycles. The Morgan fingerprint density at radius 3 is 2.35 bits per heavy atom. The van der Waals surface area contributed by atoms with Crippen molar-refractivity contribution < 1.29 is 4.74 Å². The summed E-state index contributed by atoms with van der Waals surface area (Å²) in [6, 6.07) is 13.6. The van der Waals surface area contributed by atoms with Crippen LogP contribution in [0.5, 0.6) is 5.75 Å². The smallest absolute Gasteiger partial charge is 0.156 e. The largest absolute Gasteiger partial charge is 0.486 e. The average Bonchev–Trinajstić information content (AvgIpc) is 2.45. The Bertz CT molecular complexity index is 561. The third-order valence-electron chi connectivity index (χ3n) is 2.67. The molecule has 104 valence electrons. The fourth-order valence-electron chi connectivity index (χ4n) is 1.75. The van der Waals surface area contributed by atoms with Crippen LogP contribution < -0.4 is 10.1 Å². The summed E-state index contributed by atoms with van der Waals surface area (Å²) in [4.78, 5) is 0. The molecule has 0 heterocycles. The third-order valence-corrected chi connectivity index (χ3v) is 3.24. The maximum atomic E-state index is 6.18.